The van der Waals surface area contributed by atoms with Crippen LogP contribution in [0, 0.1) is 0 Å². The maximum absolute atomic E-state index is 10.0. The van der Waals surface area contributed by atoms with E-state index < -0.39 is 6.09 Å². The molecule has 0 aromatic carbocycles. The molecule has 2 aliphatic heterocycles. The average Bonchev–Trinajstić information content (AvgIpc) is 2.89. The Bertz CT molecular complexity index is 413. The zero-order chi connectivity index (χ0) is 15.5. The minimum absolute atomic E-state index is 0.329. The zero-order valence-electron chi connectivity index (χ0n) is 10.5. The van der Waals surface area contributed by atoms with E-state index in [1.165, 1.54) is 24.3 Å². The molecule has 20 heavy (non-hydrogen) atoms. The second-order valence-electron chi connectivity index (χ2n) is 3.13. The lowest BCUT2D eigenvalue weighted by Crippen LogP contribution is -2.19. The van der Waals surface area contributed by atoms with Crippen molar-refractivity contribution < 1.29 is 28.7 Å². The standard InChI is InChI=1S/2C4H3NO2.C3H7NO2/c2*6-3-1-2-4(7)5-3;1-2-6-3(4)5/h2*1-2H,(H,5,6,7);2H2,1H3,(H2,4,5). The van der Waals surface area contributed by atoms with Gasteiger partial charge in [-0.2, -0.15) is 0 Å². The van der Waals surface area contributed by atoms with Crippen LogP contribution < -0.4 is 16.4 Å². The molecule has 108 valence electrons. The minimum atomic E-state index is -0.711. The van der Waals surface area contributed by atoms with Crippen LogP contribution in [0.25, 0.3) is 0 Å². The maximum atomic E-state index is 10.0. The van der Waals surface area contributed by atoms with Crippen molar-refractivity contribution in [1.82, 2.24) is 10.6 Å². The third-order valence-electron chi connectivity index (χ3n) is 1.55. The highest BCUT2D eigenvalue weighted by Gasteiger charge is 2.07. The summed E-state index contributed by atoms with van der Waals surface area (Å²) in [6, 6.07) is 0. The highest BCUT2D eigenvalue weighted by molar-refractivity contribution is 6.13. The van der Waals surface area contributed by atoms with E-state index in [1.807, 2.05) is 10.6 Å². The quantitative estimate of drug-likeness (QED) is 0.499. The molecule has 0 aromatic rings. The predicted molar refractivity (Wildman–Crippen MR) is 65.8 cm³/mol. The summed E-state index contributed by atoms with van der Waals surface area (Å²) in [7, 11) is 0. The van der Waals surface area contributed by atoms with Crippen LogP contribution in [-0.4, -0.2) is 36.3 Å². The van der Waals surface area contributed by atoms with Crippen LogP contribution in [0.15, 0.2) is 24.3 Å². The normalized spacial score (nSPS) is 14.7. The van der Waals surface area contributed by atoms with Crippen LogP contribution in [0.1, 0.15) is 6.92 Å². The van der Waals surface area contributed by atoms with E-state index in [0.717, 1.165) is 0 Å². The van der Waals surface area contributed by atoms with Gasteiger partial charge in [-0.1, -0.05) is 0 Å². The van der Waals surface area contributed by atoms with Crippen molar-refractivity contribution in [1.29, 1.82) is 0 Å². The van der Waals surface area contributed by atoms with Gasteiger partial charge in [0, 0.05) is 24.3 Å². The maximum Gasteiger partial charge on any atom is 0.404 e. The molecule has 0 radical (unpaired) electrons. The van der Waals surface area contributed by atoms with Crippen LogP contribution in [0.5, 0.6) is 0 Å². The van der Waals surface area contributed by atoms with Crippen molar-refractivity contribution in [2.75, 3.05) is 6.61 Å². The largest absolute Gasteiger partial charge is 0.450 e. The highest BCUT2D eigenvalue weighted by Crippen LogP contribution is 1.83. The molecule has 9 heteroatoms. The van der Waals surface area contributed by atoms with Gasteiger partial charge in [0.15, 0.2) is 0 Å². The van der Waals surface area contributed by atoms with Gasteiger partial charge < -0.3 is 10.5 Å². The molecule has 4 N–H and O–H groups in total. The van der Waals surface area contributed by atoms with Gasteiger partial charge in [0.25, 0.3) is 23.6 Å². The number of nitrogens with one attached hydrogen (secondary N) is 2. The molecular formula is C11H13N3O6. The van der Waals surface area contributed by atoms with Gasteiger partial charge in [0.2, 0.25) is 0 Å². The molecule has 0 aliphatic carbocycles. The van der Waals surface area contributed by atoms with E-state index in [4.69, 9.17) is 0 Å². The monoisotopic (exact) mass is 283 g/mol. The first-order valence-corrected chi connectivity index (χ1v) is 5.33. The lowest BCUT2D eigenvalue weighted by molar-refractivity contribution is -0.125. The van der Waals surface area contributed by atoms with Crippen molar-refractivity contribution in [2.24, 2.45) is 5.73 Å². The molecule has 2 aliphatic rings. The van der Waals surface area contributed by atoms with Gasteiger partial charge >= 0.3 is 6.09 Å². The number of hydrogen-bond donors (Lipinski definition) is 3. The summed E-state index contributed by atoms with van der Waals surface area (Å²) in [5.74, 6) is -1.31. The highest BCUT2D eigenvalue weighted by atomic mass is 16.5. The van der Waals surface area contributed by atoms with Crippen molar-refractivity contribution in [3.05, 3.63) is 24.3 Å². The Morgan fingerprint density at radius 2 is 1.25 bits per heavy atom. The summed E-state index contributed by atoms with van der Waals surface area (Å²) in [5, 5.41) is 4.06. The molecule has 0 spiro atoms. The van der Waals surface area contributed by atoms with Crippen molar-refractivity contribution in [2.45, 2.75) is 6.92 Å². The molecule has 2 rings (SSSR count). The van der Waals surface area contributed by atoms with Gasteiger partial charge in [-0.25, -0.2) is 4.79 Å². The molecule has 0 atom stereocenters. The summed E-state index contributed by atoms with van der Waals surface area (Å²) in [5.41, 5.74) is 4.54. The molecule has 0 unspecified atom stereocenters. The van der Waals surface area contributed by atoms with Gasteiger partial charge in [-0.05, 0) is 6.92 Å². The Balaban J connectivity index is 0.000000272. The van der Waals surface area contributed by atoms with Crippen LogP contribution >= 0.6 is 0 Å². The number of imide groups is 2. The average molecular weight is 283 g/mol. The van der Waals surface area contributed by atoms with Gasteiger partial charge in [0.1, 0.15) is 0 Å². The Labute approximate surface area is 113 Å². The molecule has 0 aromatic heterocycles. The lowest BCUT2D eigenvalue weighted by Gasteiger charge is -1.89. The Morgan fingerprint density at radius 3 is 1.30 bits per heavy atom. The molecule has 0 fully saturated rings. The Kier molecular flexibility index (Phi) is 7.69. The Hall–Kier alpha value is -2.97. The van der Waals surface area contributed by atoms with E-state index >= 15 is 0 Å². The SMILES string of the molecule is CCOC(N)=O.O=C1C=CC(=O)N1.O=C1C=CC(=O)N1. The molecule has 5 amide bonds. The van der Waals surface area contributed by atoms with Crippen LogP contribution in [0.3, 0.4) is 0 Å². The Morgan fingerprint density at radius 1 is 0.950 bits per heavy atom. The second kappa shape index (κ2) is 9.03. The van der Waals surface area contributed by atoms with Crippen LogP contribution in [0.4, 0.5) is 4.79 Å². The first-order chi connectivity index (χ1) is 9.35. The third-order valence-corrected chi connectivity index (χ3v) is 1.55. The number of primary amides is 1. The van der Waals surface area contributed by atoms with Gasteiger partial charge in [-0.3, -0.25) is 29.8 Å². The van der Waals surface area contributed by atoms with Gasteiger partial charge in [0.05, 0.1) is 6.61 Å². The molecule has 0 saturated heterocycles. The predicted octanol–water partition coefficient (Wildman–Crippen LogP) is -1.50. The molecule has 2 heterocycles. The zero-order valence-corrected chi connectivity index (χ0v) is 10.5. The molecular weight excluding hydrogens is 270 g/mol. The number of hydrogen-bond acceptors (Lipinski definition) is 6. The fourth-order valence-corrected chi connectivity index (χ4v) is 0.855. The summed E-state index contributed by atoms with van der Waals surface area (Å²) >= 11 is 0. The first-order valence-electron chi connectivity index (χ1n) is 5.33. The van der Waals surface area contributed by atoms with Crippen LogP contribution in [0.2, 0.25) is 0 Å². The number of rotatable bonds is 1. The fraction of sp³-hybridized carbons (Fsp3) is 0.182. The minimum Gasteiger partial charge on any atom is -0.450 e. The van der Waals surface area contributed by atoms with Crippen LogP contribution in [-0.2, 0) is 23.9 Å². The summed E-state index contributed by atoms with van der Waals surface area (Å²) in [6.45, 7) is 2.06. The first kappa shape index (κ1) is 17.0. The smallest absolute Gasteiger partial charge is 0.404 e. The molecule has 0 saturated carbocycles. The van der Waals surface area contributed by atoms with E-state index in [1.54, 1.807) is 6.92 Å². The number of carbonyl (C=O) groups is 5. The number of carbonyl (C=O) groups excluding carboxylic acids is 5. The number of amides is 5. The van der Waals surface area contributed by atoms with E-state index in [2.05, 4.69) is 10.5 Å². The molecule has 9 nitrogen and oxygen atoms in total. The van der Waals surface area contributed by atoms with Crippen molar-refractivity contribution in [3.63, 3.8) is 0 Å². The number of ether oxygens (including phenoxy) is 1. The number of nitrogens with two attached hydrogens (primary N) is 1. The fourth-order valence-electron chi connectivity index (χ4n) is 0.855. The van der Waals surface area contributed by atoms with Crippen molar-refractivity contribution >= 4 is 29.7 Å². The van der Waals surface area contributed by atoms with E-state index in [0.29, 0.717) is 6.61 Å². The van der Waals surface area contributed by atoms with Crippen molar-refractivity contribution in [3.8, 4) is 0 Å². The van der Waals surface area contributed by atoms with E-state index in [-0.39, 0.29) is 23.6 Å². The topological polar surface area (TPSA) is 145 Å². The summed E-state index contributed by atoms with van der Waals surface area (Å²) in [4.78, 5) is 49.7. The van der Waals surface area contributed by atoms with Gasteiger partial charge in [-0.15, -0.1) is 0 Å². The summed E-state index contributed by atoms with van der Waals surface area (Å²) < 4.78 is 4.18. The third kappa shape index (κ3) is 9.10. The van der Waals surface area contributed by atoms with E-state index in [9.17, 15) is 24.0 Å². The lowest BCUT2D eigenvalue weighted by atomic mass is 10.6. The summed E-state index contributed by atoms with van der Waals surface area (Å²) in [6.07, 6.45) is 4.08. The second-order valence-corrected chi connectivity index (χ2v) is 3.13. The molecule has 0 bridgehead atoms.